The summed E-state index contributed by atoms with van der Waals surface area (Å²) in [5, 5.41) is 6.22. The van der Waals surface area contributed by atoms with Gasteiger partial charge in [-0.3, -0.25) is 9.59 Å². The molecule has 0 saturated carbocycles. The Labute approximate surface area is 148 Å². The Kier molecular flexibility index (Phi) is 8.57. The molecule has 134 valence electrons. The number of amides is 1. The number of carbonyl (C=O) groups excluding carboxylic acids is 2. The van der Waals surface area contributed by atoms with Crippen molar-refractivity contribution in [2.45, 2.75) is 32.2 Å². The van der Waals surface area contributed by atoms with Crippen LogP contribution in [0.15, 0.2) is 18.2 Å². The molecule has 1 aliphatic rings. The van der Waals surface area contributed by atoms with Crippen molar-refractivity contribution in [2.75, 3.05) is 26.8 Å². The number of hydrogen-bond donors (Lipinski definition) is 2. The summed E-state index contributed by atoms with van der Waals surface area (Å²) in [5.74, 6) is 1.14. The van der Waals surface area contributed by atoms with Gasteiger partial charge in [-0.15, -0.1) is 12.4 Å². The van der Waals surface area contributed by atoms with Crippen LogP contribution in [-0.4, -0.2) is 44.5 Å². The molecule has 2 rings (SSSR count). The number of benzene rings is 1. The lowest BCUT2D eigenvalue weighted by Gasteiger charge is -2.13. The van der Waals surface area contributed by atoms with E-state index in [0.717, 1.165) is 19.5 Å². The number of Topliss-reactive ketones (excluding diaryl/α,β-unsaturated/α-hetero) is 1. The van der Waals surface area contributed by atoms with Crippen molar-refractivity contribution in [1.29, 1.82) is 0 Å². The molecule has 0 aliphatic carbocycles. The Balaban J connectivity index is 0.00000288. The largest absolute Gasteiger partial charge is 0.493 e. The zero-order valence-electron chi connectivity index (χ0n) is 14.1. The van der Waals surface area contributed by atoms with Crippen molar-refractivity contribution >= 4 is 24.1 Å². The summed E-state index contributed by atoms with van der Waals surface area (Å²) in [7, 11) is 1.54. The molecule has 1 aromatic rings. The number of rotatable bonds is 8. The molecule has 24 heavy (non-hydrogen) atoms. The summed E-state index contributed by atoms with van der Waals surface area (Å²) in [4.78, 5) is 23.2. The first kappa shape index (κ1) is 20.3. The minimum Gasteiger partial charge on any atom is -0.493 e. The molecule has 1 amide bonds. The predicted octanol–water partition coefficient (Wildman–Crippen LogP) is 1.96. The lowest BCUT2D eigenvalue weighted by molar-refractivity contribution is -0.121. The minimum absolute atomic E-state index is 0. The fraction of sp³-hybridized carbons (Fsp3) is 0.529. The second-order valence-corrected chi connectivity index (χ2v) is 5.63. The van der Waals surface area contributed by atoms with Crippen LogP contribution in [0.25, 0.3) is 0 Å². The van der Waals surface area contributed by atoms with E-state index in [1.165, 1.54) is 14.0 Å². The third-order valence-corrected chi connectivity index (χ3v) is 3.80. The van der Waals surface area contributed by atoms with E-state index >= 15 is 0 Å². The molecule has 1 fully saturated rings. The number of methoxy groups -OCH3 is 1. The topological polar surface area (TPSA) is 76.7 Å². The summed E-state index contributed by atoms with van der Waals surface area (Å²) in [5.41, 5.74) is 0.582. The van der Waals surface area contributed by atoms with Crippen LogP contribution >= 0.6 is 12.4 Å². The second-order valence-electron chi connectivity index (χ2n) is 5.63. The Hall–Kier alpha value is -1.79. The molecule has 0 spiro atoms. The Bertz CT molecular complexity index is 560. The third-order valence-electron chi connectivity index (χ3n) is 3.80. The van der Waals surface area contributed by atoms with Gasteiger partial charge in [0.15, 0.2) is 17.3 Å². The monoisotopic (exact) mass is 356 g/mol. The Morgan fingerprint density at radius 2 is 2.12 bits per heavy atom. The van der Waals surface area contributed by atoms with E-state index in [1.54, 1.807) is 18.2 Å². The van der Waals surface area contributed by atoms with Crippen LogP contribution in [-0.2, 0) is 4.79 Å². The van der Waals surface area contributed by atoms with Gasteiger partial charge in [0.25, 0.3) is 0 Å². The SMILES string of the molecule is COc1cc(C(C)=O)ccc1OCCCC(=O)NC1CCNC1.Cl. The highest BCUT2D eigenvalue weighted by molar-refractivity contribution is 5.94. The average Bonchev–Trinajstić information content (AvgIpc) is 3.04. The average molecular weight is 357 g/mol. The number of hydrogen-bond acceptors (Lipinski definition) is 5. The van der Waals surface area contributed by atoms with Crippen molar-refractivity contribution in [3.63, 3.8) is 0 Å². The zero-order valence-corrected chi connectivity index (χ0v) is 14.9. The number of carbonyl (C=O) groups is 2. The van der Waals surface area contributed by atoms with Gasteiger partial charge in [-0.1, -0.05) is 0 Å². The van der Waals surface area contributed by atoms with E-state index in [2.05, 4.69) is 10.6 Å². The summed E-state index contributed by atoms with van der Waals surface area (Å²) >= 11 is 0. The summed E-state index contributed by atoms with van der Waals surface area (Å²) in [6.45, 7) is 3.74. The molecular weight excluding hydrogens is 332 g/mol. The van der Waals surface area contributed by atoms with E-state index in [9.17, 15) is 9.59 Å². The first-order valence-electron chi connectivity index (χ1n) is 7.92. The number of ether oxygens (including phenoxy) is 2. The highest BCUT2D eigenvalue weighted by Gasteiger charge is 2.16. The maximum absolute atomic E-state index is 11.8. The molecule has 0 bridgehead atoms. The predicted molar refractivity (Wildman–Crippen MR) is 94.4 cm³/mol. The van der Waals surface area contributed by atoms with Crippen molar-refractivity contribution in [1.82, 2.24) is 10.6 Å². The van der Waals surface area contributed by atoms with E-state index in [4.69, 9.17) is 9.47 Å². The van der Waals surface area contributed by atoms with Crippen LogP contribution in [0.2, 0.25) is 0 Å². The molecule has 1 unspecified atom stereocenters. The Morgan fingerprint density at radius 1 is 1.33 bits per heavy atom. The molecular formula is C17H25ClN2O4. The fourth-order valence-corrected chi connectivity index (χ4v) is 2.50. The molecule has 1 saturated heterocycles. The molecule has 2 N–H and O–H groups in total. The van der Waals surface area contributed by atoms with E-state index < -0.39 is 0 Å². The van der Waals surface area contributed by atoms with Gasteiger partial charge in [-0.05, 0) is 44.5 Å². The van der Waals surface area contributed by atoms with E-state index in [0.29, 0.717) is 36.5 Å². The highest BCUT2D eigenvalue weighted by Crippen LogP contribution is 2.28. The van der Waals surface area contributed by atoms with Crippen LogP contribution in [0.3, 0.4) is 0 Å². The molecule has 7 heteroatoms. The molecule has 1 heterocycles. The van der Waals surface area contributed by atoms with Crippen molar-refractivity contribution in [3.05, 3.63) is 23.8 Å². The minimum atomic E-state index is -0.0204. The second kappa shape index (κ2) is 10.2. The number of halogens is 1. The summed E-state index contributed by atoms with van der Waals surface area (Å²) in [6, 6.07) is 5.35. The van der Waals surface area contributed by atoms with Crippen molar-refractivity contribution < 1.29 is 19.1 Å². The van der Waals surface area contributed by atoms with Gasteiger partial charge in [-0.2, -0.15) is 0 Å². The smallest absolute Gasteiger partial charge is 0.220 e. The van der Waals surface area contributed by atoms with Crippen LogP contribution < -0.4 is 20.1 Å². The molecule has 1 aliphatic heterocycles. The van der Waals surface area contributed by atoms with Crippen LogP contribution in [0.5, 0.6) is 11.5 Å². The molecule has 0 radical (unpaired) electrons. The molecule has 1 aromatic carbocycles. The number of nitrogens with one attached hydrogen (secondary N) is 2. The maximum atomic E-state index is 11.8. The van der Waals surface area contributed by atoms with Gasteiger partial charge in [0, 0.05) is 24.6 Å². The van der Waals surface area contributed by atoms with E-state index in [1.807, 2.05) is 0 Å². The summed E-state index contributed by atoms with van der Waals surface area (Å²) < 4.78 is 10.9. The standard InChI is InChI=1S/C17H24N2O4.ClH/c1-12(20)13-5-6-15(16(10-13)22-2)23-9-3-4-17(21)19-14-7-8-18-11-14;/h5-6,10,14,18H,3-4,7-9,11H2,1-2H3,(H,19,21);1H. The lowest BCUT2D eigenvalue weighted by Crippen LogP contribution is -2.36. The van der Waals surface area contributed by atoms with Gasteiger partial charge in [-0.25, -0.2) is 0 Å². The number of ketones is 1. The maximum Gasteiger partial charge on any atom is 0.220 e. The fourth-order valence-electron chi connectivity index (χ4n) is 2.50. The van der Waals surface area contributed by atoms with Crippen molar-refractivity contribution in [2.24, 2.45) is 0 Å². The molecule has 0 aromatic heterocycles. The first-order chi connectivity index (χ1) is 11.1. The highest BCUT2D eigenvalue weighted by atomic mass is 35.5. The third kappa shape index (κ3) is 6.02. The zero-order chi connectivity index (χ0) is 16.7. The lowest BCUT2D eigenvalue weighted by atomic mass is 10.1. The molecule has 1 atom stereocenters. The normalized spacial score (nSPS) is 16.2. The summed E-state index contributed by atoms with van der Waals surface area (Å²) in [6.07, 6.45) is 2.05. The van der Waals surface area contributed by atoms with Crippen LogP contribution in [0, 0.1) is 0 Å². The van der Waals surface area contributed by atoms with Crippen molar-refractivity contribution in [3.8, 4) is 11.5 Å². The van der Waals surface area contributed by atoms with Gasteiger partial charge < -0.3 is 20.1 Å². The van der Waals surface area contributed by atoms with Gasteiger partial charge >= 0.3 is 0 Å². The van der Waals surface area contributed by atoms with Gasteiger partial charge in [0.2, 0.25) is 5.91 Å². The van der Waals surface area contributed by atoms with Gasteiger partial charge in [0.05, 0.1) is 13.7 Å². The van der Waals surface area contributed by atoms with Crippen LogP contribution in [0.1, 0.15) is 36.5 Å². The Morgan fingerprint density at radius 3 is 2.75 bits per heavy atom. The molecule has 6 nitrogen and oxygen atoms in total. The van der Waals surface area contributed by atoms with Gasteiger partial charge in [0.1, 0.15) is 0 Å². The quantitative estimate of drug-likeness (QED) is 0.550. The van der Waals surface area contributed by atoms with E-state index in [-0.39, 0.29) is 30.1 Å². The first-order valence-corrected chi connectivity index (χ1v) is 7.92. The van der Waals surface area contributed by atoms with Crippen LogP contribution in [0.4, 0.5) is 0 Å².